The van der Waals surface area contributed by atoms with E-state index >= 15 is 0 Å². The fraction of sp³-hybridized carbons (Fsp3) is 0.667. The molecule has 3 rings (SSSR count). The summed E-state index contributed by atoms with van der Waals surface area (Å²) in [5, 5.41) is 0. The molecular formula is C18H28N2. The van der Waals surface area contributed by atoms with E-state index in [-0.39, 0.29) is 5.54 Å². The number of anilines is 1. The van der Waals surface area contributed by atoms with Gasteiger partial charge in [0, 0.05) is 18.8 Å². The highest BCUT2D eigenvalue weighted by Gasteiger charge is 2.47. The van der Waals surface area contributed by atoms with E-state index in [0.29, 0.717) is 5.92 Å². The highest BCUT2D eigenvalue weighted by Crippen LogP contribution is 2.46. The molecule has 1 aromatic rings. The van der Waals surface area contributed by atoms with Crippen LogP contribution in [0, 0.1) is 11.8 Å². The van der Waals surface area contributed by atoms with Crippen molar-refractivity contribution in [2.45, 2.75) is 51.5 Å². The van der Waals surface area contributed by atoms with Crippen molar-refractivity contribution < 1.29 is 0 Å². The van der Waals surface area contributed by atoms with Crippen LogP contribution in [0.4, 0.5) is 5.69 Å². The van der Waals surface area contributed by atoms with Crippen LogP contribution in [0.5, 0.6) is 0 Å². The van der Waals surface area contributed by atoms with E-state index in [1.54, 1.807) is 0 Å². The maximum Gasteiger partial charge on any atom is 0.0554 e. The molecule has 0 aromatic heterocycles. The molecule has 0 amide bonds. The van der Waals surface area contributed by atoms with Gasteiger partial charge in [-0.25, -0.2) is 0 Å². The molecular weight excluding hydrogens is 244 g/mol. The van der Waals surface area contributed by atoms with Crippen molar-refractivity contribution in [3.05, 3.63) is 29.8 Å². The molecule has 2 heteroatoms. The summed E-state index contributed by atoms with van der Waals surface area (Å²) < 4.78 is 0. The SMILES string of the molecule is CC(C)C1CCCCC1(CN)N1CCc2ccccc21. The minimum atomic E-state index is 0.193. The molecule has 1 aromatic carbocycles. The lowest BCUT2D eigenvalue weighted by molar-refractivity contribution is 0.138. The lowest BCUT2D eigenvalue weighted by Crippen LogP contribution is -2.61. The zero-order valence-electron chi connectivity index (χ0n) is 12.9. The number of hydrogen-bond acceptors (Lipinski definition) is 2. The summed E-state index contributed by atoms with van der Waals surface area (Å²) in [6, 6.07) is 8.92. The van der Waals surface area contributed by atoms with E-state index in [0.717, 1.165) is 19.0 Å². The third-order valence-electron chi connectivity index (χ3n) is 5.65. The van der Waals surface area contributed by atoms with Crippen molar-refractivity contribution in [1.82, 2.24) is 0 Å². The van der Waals surface area contributed by atoms with Gasteiger partial charge in [0.15, 0.2) is 0 Å². The summed E-state index contributed by atoms with van der Waals surface area (Å²) in [7, 11) is 0. The number of nitrogens with zero attached hydrogens (tertiary/aromatic N) is 1. The number of nitrogens with two attached hydrogens (primary N) is 1. The number of benzene rings is 1. The Balaban J connectivity index is 2.00. The van der Waals surface area contributed by atoms with Crippen molar-refractivity contribution in [2.24, 2.45) is 17.6 Å². The predicted molar refractivity (Wildman–Crippen MR) is 86.1 cm³/mol. The third-order valence-corrected chi connectivity index (χ3v) is 5.65. The van der Waals surface area contributed by atoms with Crippen LogP contribution in [-0.4, -0.2) is 18.6 Å². The van der Waals surface area contributed by atoms with E-state index in [1.165, 1.54) is 43.4 Å². The Morgan fingerprint density at radius 3 is 2.85 bits per heavy atom. The van der Waals surface area contributed by atoms with Gasteiger partial charge in [0.1, 0.15) is 0 Å². The summed E-state index contributed by atoms with van der Waals surface area (Å²) in [4.78, 5) is 2.67. The molecule has 110 valence electrons. The second-order valence-electron chi connectivity index (χ2n) is 6.93. The second kappa shape index (κ2) is 5.40. The molecule has 0 spiro atoms. The first kappa shape index (κ1) is 13.9. The Morgan fingerprint density at radius 1 is 1.30 bits per heavy atom. The van der Waals surface area contributed by atoms with Gasteiger partial charge in [-0.15, -0.1) is 0 Å². The van der Waals surface area contributed by atoms with Crippen LogP contribution in [0.15, 0.2) is 24.3 Å². The summed E-state index contributed by atoms with van der Waals surface area (Å²) in [5.41, 5.74) is 9.51. The van der Waals surface area contributed by atoms with Gasteiger partial charge in [-0.1, -0.05) is 44.9 Å². The van der Waals surface area contributed by atoms with Crippen molar-refractivity contribution in [3.63, 3.8) is 0 Å². The molecule has 2 aliphatic rings. The Labute approximate surface area is 123 Å². The van der Waals surface area contributed by atoms with Crippen LogP contribution in [-0.2, 0) is 6.42 Å². The molecule has 0 bridgehead atoms. The van der Waals surface area contributed by atoms with Gasteiger partial charge in [-0.2, -0.15) is 0 Å². The molecule has 0 radical (unpaired) electrons. The van der Waals surface area contributed by atoms with Gasteiger partial charge in [-0.05, 0) is 42.7 Å². The maximum absolute atomic E-state index is 6.36. The average molecular weight is 272 g/mol. The number of fused-ring (bicyclic) bond motifs is 1. The smallest absolute Gasteiger partial charge is 0.0554 e. The molecule has 2 nitrogen and oxygen atoms in total. The number of hydrogen-bond donors (Lipinski definition) is 1. The number of para-hydroxylation sites is 1. The Hall–Kier alpha value is -1.02. The van der Waals surface area contributed by atoms with Gasteiger partial charge < -0.3 is 10.6 Å². The zero-order valence-corrected chi connectivity index (χ0v) is 12.9. The standard InChI is InChI=1S/C18H28N2/c1-14(2)16-8-5-6-11-18(16,13-19)20-12-10-15-7-3-4-9-17(15)20/h3-4,7,9,14,16H,5-6,8,10-13,19H2,1-2H3. The molecule has 2 unspecified atom stereocenters. The maximum atomic E-state index is 6.36. The van der Waals surface area contributed by atoms with Crippen LogP contribution < -0.4 is 10.6 Å². The first-order valence-electron chi connectivity index (χ1n) is 8.24. The first-order valence-corrected chi connectivity index (χ1v) is 8.24. The molecule has 1 saturated carbocycles. The molecule has 1 heterocycles. The highest BCUT2D eigenvalue weighted by atomic mass is 15.2. The monoisotopic (exact) mass is 272 g/mol. The number of rotatable bonds is 3. The van der Waals surface area contributed by atoms with Crippen LogP contribution >= 0.6 is 0 Å². The van der Waals surface area contributed by atoms with E-state index < -0.39 is 0 Å². The Bertz CT molecular complexity index is 468. The third kappa shape index (κ3) is 2.05. The lowest BCUT2D eigenvalue weighted by Gasteiger charge is -2.52. The Kier molecular flexibility index (Phi) is 3.76. The van der Waals surface area contributed by atoms with Crippen LogP contribution in [0.3, 0.4) is 0 Å². The molecule has 1 aliphatic heterocycles. The van der Waals surface area contributed by atoms with Gasteiger partial charge in [0.05, 0.1) is 5.54 Å². The van der Waals surface area contributed by atoms with Crippen LogP contribution in [0.2, 0.25) is 0 Å². The van der Waals surface area contributed by atoms with Crippen LogP contribution in [0.1, 0.15) is 45.1 Å². The normalized spacial score (nSPS) is 29.8. The van der Waals surface area contributed by atoms with E-state index in [9.17, 15) is 0 Å². The summed E-state index contributed by atoms with van der Waals surface area (Å²) >= 11 is 0. The van der Waals surface area contributed by atoms with E-state index in [1.807, 2.05) is 0 Å². The lowest BCUT2D eigenvalue weighted by atomic mass is 9.67. The summed E-state index contributed by atoms with van der Waals surface area (Å²) in [6.45, 7) is 6.70. The molecule has 20 heavy (non-hydrogen) atoms. The van der Waals surface area contributed by atoms with E-state index in [4.69, 9.17) is 5.73 Å². The van der Waals surface area contributed by atoms with Crippen molar-refractivity contribution in [3.8, 4) is 0 Å². The van der Waals surface area contributed by atoms with E-state index in [2.05, 4.69) is 43.0 Å². The molecule has 2 atom stereocenters. The molecule has 1 aliphatic carbocycles. The highest BCUT2D eigenvalue weighted by molar-refractivity contribution is 5.60. The zero-order chi connectivity index (χ0) is 14.2. The van der Waals surface area contributed by atoms with Crippen molar-refractivity contribution in [1.29, 1.82) is 0 Å². The van der Waals surface area contributed by atoms with Crippen molar-refractivity contribution in [2.75, 3.05) is 18.0 Å². The molecule has 1 fully saturated rings. The summed E-state index contributed by atoms with van der Waals surface area (Å²) in [5.74, 6) is 1.44. The topological polar surface area (TPSA) is 29.3 Å². The average Bonchev–Trinajstić information content (AvgIpc) is 2.91. The summed E-state index contributed by atoms with van der Waals surface area (Å²) in [6.07, 6.45) is 6.50. The fourth-order valence-electron chi connectivity index (χ4n) is 4.70. The first-order chi connectivity index (χ1) is 9.69. The van der Waals surface area contributed by atoms with Gasteiger partial charge in [0.2, 0.25) is 0 Å². The van der Waals surface area contributed by atoms with Gasteiger partial charge in [0.25, 0.3) is 0 Å². The Morgan fingerprint density at radius 2 is 2.10 bits per heavy atom. The minimum absolute atomic E-state index is 0.193. The quantitative estimate of drug-likeness (QED) is 0.911. The molecule has 0 saturated heterocycles. The van der Waals surface area contributed by atoms with Gasteiger partial charge in [-0.3, -0.25) is 0 Å². The second-order valence-corrected chi connectivity index (χ2v) is 6.93. The van der Waals surface area contributed by atoms with Gasteiger partial charge >= 0.3 is 0 Å². The fourth-order valence-corrected chi connectivity index (χ4v) is 4.70. The minimum Gasteiger partial charge on any atom is -0.364 e. The molecule has 2 N–H and O–H groups in total. The largest absolute Gasteiger partial charge is 0.364 e. The van der Waals surface area contributed by atoms with Crippen LogP contribution in [0.25, 0.3) is 0 Å². The predicted octanol–water partition coefficient (Wildman–Crippen LogP) is 3.59. The van der Waals surface area contributed by atoms with Crippen molar-refractivity contribution >= 4 is 5.69 Å².